The van der Waals surface area contributed by atoms with Crippen molar-refractivity contribution in [3.63, 3.8) is 0 Å². The highest BCUT2D eigenvalue weighted by molar-refractivity contribution is 5.80. The largest absolute Gasteiger partial charge is 0.378 e. The van der Waals surface area contributed by atoms with Crippen molar-refractivity contribution < 1.29 is 9.47 Å². The highest BCUT2D eigenvalue weighted by atomic mass is 16.5. The van der Waals surface area contributed by atoms with Gasteiger partial charge in [0.15, 0.2) is 11.3 Å². The number of imidazole rings is 1. The summed E-state index contributed by atoms with van der Waals surface area (Å²) in [5.41, 5.74) is 3.03. The van der Waals surface area contributed by atoms with Gasteiger partial charge in [0, 0.05) is 19.6 Å². The second-order valence-corrected chi connectivity index (χ2v) is 8.32. The number of aromatic nitrogens is 6. The molecule has 160 valence electrons. The second-order valence-electron chi connectivity index (χ2n) is 8.32. The molecule has 2 saturated heterocycles. The van der Waals surface area contributed by atoms with E-state index in [9.17, 15) is 4.79 Å². The van der Waals surface area contributed by atoms with Gasteiger partial charge in [0.2, 0.25) is 0 Å². The Morgan fingerprint density at radius 1 is 1.03 bits per heavy atom. The minimum atomic E-state index is -0.0992. The quantitative estimate of drug-likeness (QED) is 0.492. The van der Waals surface area contributed by atoms with Crippen molar-refractivity contribution >= 4 is 16.6 Å². The van der Waals surface area contributed by atoms with Crippen molar-refractivity contribution in [2.24, 2.45) is 0 Å². The van der Waals surface area contributed by atoms with Crippen LogP contribution in [0.4, 0.5) is 0 Å². The maximum atomic E-state index is 13.6. The lowest BCUT2D eigenvalue weighted by Gasteiger charge is -2.16. The average molecular weight is 420 g/mol. The Morgan fingerprint density at radius 2 is 1.81 bits per heavy atom. The second kappa shape index (κ2) is 7.58. The lowest BCUT2D eigenvalue weighted by molar-refractivity contribution is 0.0973. The molecular formula is C22H24N6O3. The van der Waals surface area contributed by atoms with Crippen LogP contribution in [0.25, 0.3) is 22.4 Å². The van der Waals surface area contributed by atoms with Crippen LogP contribution in [0.15, 0.2) is 41.6 Å². The Bertz CT molecular complexity index is 1290. The molecule has 2 aliphatic rings. The topological polar surface area (TPSA) is 88.5 Å². The molecule has 9 heteroatoms. The highest BCUT2D eigenvalue weighted by Crippen LogP contribution is 2.22. The van der Waals surface area contributed by atoms with E-state index in [0.717, 1.165) is 62.0 Å². The van der Waals surface area contributed by atoms with Crippen LogP contribution in [-0.2, 0) is 22.4 Å². The number of benzene rings is 1. The summed E-state index contributed by atoms with van der Waals surface area (Å²) in [5, 5.41) is 8.56. The molecule has 4 aromatic rings. The third-order valence-electron chi connectivity index (χ3n) is 6.26. The van der Waals surface area contributed by atoms with Crippen LogP contribution < -0.4 is 5.56 Å². The van der Waals surface area contributed by atoms with Crippen LogP contribution in [0.5, 0.6) is 0 Å². The molecule has 0 amide bonds. The number of rotatable bonds is 5. The van der Waals surface area contributed by atoms with Gasteiger partial charge >= 0.3 is 0 Å². The molecule has 0 radical (unpaired) electrons. The lowest BCUT2D eigenvalue weighted by Crippen LogP contribution is -2.28. The molecule has 2 unspecified atom stereocenters. The highest BCUT2D eigenvalue weighted by Gasteiger charge is 2.23. The number of fused-ring (bicyclic) bond motifs is 3. The zero-order valence-corrected chi connectivity index (χ0v) is 17.2. The molecule has 0 N–H and O–H groups in total. The van der Waals surface area contributed by atoms with E-state index in [1.165, 1.54) is 0 Å². The van der Waals surface area contributed by atoms with E-state index >= 15 is 0 Å². The molecule has 6 rings (SSSR count). The van der Waals surface area contributed by atoms with Gasteiger partial charge in [-0.25, -0.2) is 4.98 Å². The summed E-state index contributed by atoms with van der Waals surface area (Å²) in [7, 11) is 0. The van der Waals surface area contributed by atoms with E-state index in [1.54, 1.807) is 11.0 Å². The molecule has 2 atom stereocenters. The molecule has 0 saturated carbocycles. The molecule has 2 fully saturated rings. The molecule has 5 heterocycles. The fraction of sp³-hybridized carbons (Fsp3) is 0.455. The van der Waals surface area contributed by atoms with Crippen LogP contribution in [0, 0.1) is 0 Å². The molecule has 0 spiro atoms. The van der Waals surface area contributed by atoms with Crippen molar-refractivity contribution in [1.82, 2.24) is 28.9 Å². The van der Waals surface area contributed by atoms with Crippen LogP contribution >= 0.6 is 0 Å². The Morgan fingerprint density at radius 3 is 2.58 bits per heavy atom. The van der Waals surface area contributed by atoms with Gasteiger partial charge in [0.05, 0.1) is 41.7 Å². The molecule has 1 aromatic carbocycles. The zero-order valence-electron chi connectivity index (χ0n) is 17.2. The molecule has 0 aliphatic carbocycles. The number of nitrogens with zero attached hydrogens (tertiary/aromatic N) is 6. The van der Waals surface area contributed by atoms with Crippen molar-refractivity contribution in [3.8, 4) is 5.82 Å². The summed E-state index contributed by atoms with van der Waals surface area (Å²) in [4.78, 5) is 18.2. The van der Waals surface area contributed by atoms with Gasteiger partial charge < -0.3 is 14.0 Å². The molecule has 3 aromatic heterocycles. The van der Waals surface area contributed by atoms with Crippen molar-refractivity contribution in [1.29, 1.82) is 0 Å². The van der Waals surface area contributed by atoms with E-state index < -0.39 is 0 Å². The first kappa shape index (κ1) is 18.7. The molecule has 2 aliphatic heterocycles. The zero-order chi connectivity index (χ0) is 20.8. The third kappa shape index (κ3) is 3.24. The molecular weight excluding hydrogens is 396 g/mol. The van der Waals surface area contributed by atoms with Crippen molar-refractivity contribution in [2.45, 2.75) is 50.9 Å². The van der Waals surface area contributed by atoms with E-state index in [-0.39, 0.29) is 17.8 Å². The smallest absolute Gasteiger partial charge is 0.279 e. The number of hydrogen-bond donors (Lipinski definition) is 0. The third-order valence-corrected chi connectivity index (χ3v) is 6.26. The van der Waals surface area contributed by atoms with Crippen LogP contribution in [0.2, 0.25) is 0 Å². The first-order valence-corrected chi connectivity index (χ1v) is 10.9. The summed E-state index contributed by atoms with van der Waals surface area (Å²) in [6, 6.07) is 7.90. The molecule has 0 bridgehead atoms. The van der Waals surface area contributed by atoms with Gasteiger partial charge in [-0.15, -0.1) is 5.10 Å². The number of para-hydroxylation sites is 2. The number of hydrogen-bond acceptors (Lipinski definition) is 6. The molecule has 9 nitrogen and oxygen atoms in total. The average Bonchev–Trinajstić information content (AvgIpc) is 3.59. The normalized spacial score (nSPS) is 21.5. The minimum absolute atomic E-state index is 0.0549. The predicted molar refractivity (Wildman–Crippen MR) is 114 cm³/mol. The van der Waals surface area contributed by atoms with Gasteiger partial charge in [0.25, 0.3) is 5.56 Å². The van der Waals surface area contributed by atoms with Crippen LogP contribution in [0.3, 0.4) is 0 Å². The summed E-state index contributed by atoms with van der Waals surface area (Å²) in [6.07, 6.45) is 8.63. The van der Waals surface area contributed by atoms with Crippen molar-refractivity contribution in [3.05, 3.63) is 52.8 Å². The fourth-order valence-electron chi connectivity index (χ4n) is 4.73. The van der Waals surface area contributed by atoms with Crippen molar-refractivity contribution in [2.75, 3.05) is 13.2 Å². The standard InChI is InChI=1S/C22H24N6O3/c29-22-20-21(28-12-15(24-25-28)11-16-5-3-9-30-16)23-14-27(20)19-8-2-1-7-18(19)26(22)13-17-6-4-10-31-17/h1-2,7-8,12,14,16-17H,3-6,9-11,13H2. The Labute approximate surface area is 178 Å². The summed E-state index contributed by atoms with van der Waals surface area (Å²) in [6.45, 7) is 2.09. The van der Waals surface area contributed by atoms with Crippen LogP contribution in [0.1, 0.15) is 31.4 Å². The maximum absolute atomic E-state index is 13.6. The van der Waals surface area contributed by atoms with Gasteiger partial charge in [-0.1, -0.05) is 17.3 Å². The Balaban J connectivity index is 1.46. The summed E-state index contributed by atoms with van der Waals surface area (Å²) >= 11 is 0. The Hall–Kier alpha value is -3.04. The minimum Gasteiger partial charge on any atom is -0.378 e. The first-order chi connectivity index (χ1) is 15.3. The monoisotopic (exact) mass is 420 g/mol. The van der Waals surface area contributed by atoms with Gasteiger partial charge in [-0.3, -0.25) is 9.20 Å². The summed E-state index contributed by atoms with van der Waals surface area (Å²) < 4.78 is 16.8. The Kier molecular flexibility index (Phi) is 4.57. The van der Waals surface area contributed by atoms with Gasteiger partial charge in [-0.2, -0.15) is 4.68 Å². The van der Waals surface area contributed by atoms with E-state index in [2.05, 4.69) is 15.3 Å². The predicted octanol–water partition coefficient (Wildman–Crippen LogP) is 2.13. The fourth-order valence-corrected chi connectivity index (χ4v) is 4.73. The van der Waals surface area contributed by atoms with Gasteiger partial charge in [0.1, 0.15) is 6.33 Å². The molecule has 31 heavy (non-hydrogen) atoms. The number of ether oxygens (including phenoxy) is 2. The van der Waals surface area contributed by atoms with E-state index in [4.69, 9.17) is 9.47 Å². The maximum Gasteiger partial charge on any atom is 0.279 e. The SMILES string of the molecule is O=c1c2c(-n3cc(CC4CCCO4)nn3)ncn2c2ccccc2n1CC1CCCO1. The van der Waals surface area contributed by atoms with E-state index in [0.29, 0.717) is 17.9 Å². The lowest BCUT2D eigenvalue weighted by atomic mass is 10.1. The van der Waals surface area contributed by atoms with Gasteiger partial charge in [-0.05, 0) is 37.8 Å². The van der Waals surface area contributed by atoms with Crippen LogP contribution in [-0.4, -0.2) is 54.4 Å². The first-order valence-electron chi connectivity index (χ1n) is 10.9. The van der Waals surface area contributed by atoms with E-state index in [1.807, 2.05) is 39.4 Å². The summed E-state index contributed by atoms with van der Waals surface area (Å²) in [5.74, 6) is 0.489.